The number of hydrogen-bond donors (Lipinski definition) is 1. The Labute approximate surface area is 162 Å². The summed E-state index contributed by atoms with van der Waals surface area (Å²) in [7, 11) is 0. The minimum Gasteiger partial charge on any atom is -0.325 e. The first-order valence-corrected chi connectivity index (χ1v) is 8.98. The number of amides is 1. The summed E-state index contributed by atoms with van der Waals surface area (Å²) in [6.45, 7) is 8.44. The van der Waals surface area contributed by atoms with E-state index in [0.29, 0.717) is 5.69 Å². The number of allylic oxidation sites excluding steroid dienone is 2. The van der Waals surface area contributed by atoms with Crippen molar-refractivity contribution in [3.05, 3.63) is 86.6 Å². The zero-order valence-corrected chi connectivity index (χ0v) is 15.9. The van der Waals surface area contributed by atoms with Crippen molar-refractivity contribution in [1.29, 1.82) is 0 Å². The third-order valence-electron chi connectivity index (χ3n) is 4.09. The Morgan fingerprint density at radius 1 is 0.929 bits per heavy atom. The summed E-state index contributed by atoms with van der Waals surface area (Å²) in [5, 5.41) is 2.66. The van der Waals surface area contributed by atoms with Crippen LogP contribution in [0.1, 0.15) is 18.9 Å². The summed E-state index contributed by atoms with van der Waals surface area (Å²) in [6, 6.07) is 7.35. The molecule has 1 heterocycles. The fourth-order valence-corrected chi connectivity index (χ4v) is 2.78. The van der Waals surface area contributed by atoms with E-state index in [9.17, 15) is 19.2 Å². The lowest BCUT2D eigenvalue weighted by atomic mass is 10.1. The van der Waals surface area contributed by atoms with Gasteiger partial charge < -0.3 is 5.32 Å². The van der Waals surface area contributed by atoms with Crippen molar-refractivity contribution >= 4 is 11.6 Å². The van der Waals surface area contributed by atoms with Crippen LogP contribution in [0, 0.1) is 0 Å². The zero-order chi connectivity index (χ0) is 20.7. The molecule has 0 bridgehead atoms. The predicted molar refractivity (Wildman–Crippen MR) is 109 cm³/mol. The minimum absolute atomic E-state index is 0.0738. The standard InChI is InChI=1S/C20H24N4O4/c1-4-7-15-8-10-16(11-9-15)21-17(25)14-24-19(27)22(12-5-2)18(26)23(13-6-3)20(24)28/h5-6,8-11H,2-4,7,12-14H2,1H3,(H,21,25). The molecular weight excluding hydrogens is 360 g/mol. The van der Waals surface area contributed by atoms with Crippen LogP contribution in [-0.2, 0) is 30.8 Å². The molecule has 0 fully saturated rings. The Kier molecular flexibility index (Phi) is 7.08. The maximum Gasteiger partial charge on any atom is 0.337 e. The topological polar surface area (TPSA) is 95.1 Å². The van der Waals surface area contributed by atoms with Crippen LogP contribution in [0.25, 0.3) is 0 Å². The summed E-state index contributed by atoms with van der Waals surface area (Å²) in [5.74, 6) is -0.545. The van der Waals surface area contributed by atoms with Crippen LogP contribution in [-0.4, -0.2) is 19.6 Å². The van der Waals surface area contributed by atoms with E-state index >= 15 is 0 Å². The van der Waals surface area contributed by atoms with Gasteiger partial charge in [-0.3, -0.25) is 4.79 Å². The third kappa shape index (κ3) is 4.64. The quantitative estimate of drug-likeness (QED) is 0.656. The van der Waals surface area contributed by atoms with Gasteiger partial charge in [-0.05, 0) is 24.1 Å². The first-order chi connectivity index (χ1) is 13.4. The van der Waals surface area contributed by atoms with Crippen LogP contribution in [0.3, 0.4) is 0 Å². The summed E-state index contributed by atoms with van der Waals surface area (Å²) in [6.07, 6.45) is 4.70. The van der Waals surface area contributed by atoms with Crippen molar-refractivity contribution in [2.75, 3.05) is 5.32 Å². The molecule has 0 saturated heterocycles. The van der Waals surface area contributed by atoms with Crippen LogP contribution in [0.4, 0.5) is 5.69 Å². The Morgan fingerprint density at radius 3 is 1.89 bits per heavy atom. The Bertz CT molecular complexity index is 994. The van der Waals surface area contributed by atoms with Gasteiger partial charge in [-0.15, -0.1) is 13.2 Å². The van der Waals surface area contributed by atoms with Crippen molar-refractivity contribution in [3.63, 3.8) is 0 Å². The zero-order valence-electron chi connectivity index (χ0n) is 15.9. The predicted octanol–water partition coefficient (Wildman–Crippen LogP) is 1.13. The number of aromatic nitrogens is 3. The van der Waals surface area contributed by atoms with Gasteiger partial charge in [0.2, 0.25) is 5.91 Å². The molecule has 2 rings (SSSR count). The average Bonchev–Trinajstić information content (AvgIpc) is 2.67. The first kappa shape index (κ1) is 20.9. The summed E-state index contributed by atoms with van der Waals surface area (Å²) < 4.78 is 2.44. The van der Waals surface area contributed by atoms with Gasteiger partial charge in [-0.1, -0.05) is 37.6 Å². The Morgan fingerprint density at radius 2 is 1.43 bits per heavy atom. The van der Waals surface area contributed by atoms with Crippen molar-refractivity contribution in [2.45, 2.75) is 39.4 Å². The summed E-state index contributed by atoms with van der Waals surface area (Å²) >= 11 is 0. The van der Waals surface area contributed by atoms with E-state index in [1.165, 1.54) is 12.2 Å². The molecule has 8 nitrogen and oxygen atoms in total. The molecule has 0 aliphatic rings. The maximum atomic E-state index is 12.5. The van der Waals surface area contributed by atoms with E-state index in [0.717, 1.165) is 32.1 Å². The highest BCUT2D eigenvalue weighted by molar-refractivity contribution is 5.90. The molecule has 2 aromatic rings. The van der Waals surface area contributed by atoms with Gasteiger partial charge in [0.15, 0.2) is 0 Å². The van der Waals surface area contributed by atoms with Gasteiger partial charge >= 0.3 is 17.1 Å². The molecule has 1 aromatic carbocycles. The number of benzene rings is 1. The summed E-state index contributed by atoms with van der Waals surface area (Å²) in [4.78, 5) is 49.7. The molecule has 1 amide bonds. The van der Waals surface area contributed by atoms with E-state index < -0.39 is 29.5 Å². The van der Waals surface area contributed by atoms with Crippen LogP contribution in [0.2, 0.25) is 0 Å². The molecule has 1 aromatic heterocycles. The molecule has 0 aliphatic carbocycles. The van der Waals surface area contributed by atoms with E-state index in [-0.39, 0.29) is 13.1 Å². The SMILES string of the molecule is C=CCn1c(=O)n(CC=C)c(=O)n(CC(=O)Nc2ccc(CCC)cc2)c1=O. The Hall–Kier alpha value is -3.42. The van der Waals surface area contributed by atoms with Crippen molar-refractivity contribution in [3.8, 4) is 0 Å². The van der Waals surface area contributed by atoms with E-state index in [1.54, 1.807) is 12.1 Å². The molecule has 0 radical (unpaired) electrons. The highest BCUT2D eigenvalue weighted by Crippen LogP contribution is 2.10. The van der Waals surface area contributed by atoms with Crippen LogP contribution in [0.5, 0.6) is 0 Å². The lowest BCUT2D eigenvalue weighted by molar-refractivity contribution is -0.116. The van der Waals surface area contributed by atoms with Gasteiger partial charge in [0, 0.05) is 5.69 Å². The number of nitrogens with zero attached hydrogens (tertiary/aromatic N) is 3. The van der Waals surface area contributed by atoms with E-state index in [2.05, 4.69) is 25.4 Å². The molecule has 0 atom stereocenters. The molecule has 0 unspecified atom stereocenters. The maximum absolute atomic E-state index is 12.5. The minimum atomic E-state index is -0.858. The van der Waals surface area contributed by atoms with Gasteiger partial charge in [0.05, 0.1) is 13.1 Å². The van der Waals surface area contributed by atoms with E-state index in [1.807, 2.05) is 12.1 Å². The fourth-order valence-electron chi connectivity index (χ4n) is 2.78. The smallest absolute Gasteiger partial charge is 0.325 e. The molecule has 1 N–H and O–H groups in total. The highest BCUT2D eigenvalue weighted by Gasteiger charge is 2.16. The number of rotatable bonds is 9. The fraction of sp³-hybridized carbons (Fsp3) is 0.300. The molecule has 8 heteroatoms. The van der Waals surface area contributed by atoms with Crippen molar-refractivity contribution < 1.29 is 4.79 Å². The number of carbonyl (C=O) groups is 1. The number of carbonyl (C=O) groups excluding carboxylic acids is 1. The molecule has 148 valence electrons. The van der Waals surface area contributed by atoms with Gasteiger partial charge in [-0.25, -0.2) is 28.1 Å². The largest absolute Gasteiger partial charge is 0.337 e. The second-order valence-electron chi connectivity index (χ2n) is 6.23. The molecule has 0 saturated carbocycles. The second-order valence-corrected chi connectivity index (χ2v) is 6.23. The lowest BCUT2D eigenvalue weighted by Gasteiger charge is -2.12. The van der Waals surface area contributed by atoms with Gasteiger partial charge in [0.1, 0.15) is 6.54 Å². The number of aryl methyl sites for hydroxylation is 1. The van der Waals surface area contributed by atoms with Gasteiger partial charge in [-0.2, -0.15) is 0 Å². The Balaban J connectivity index is 2.33. The average molecular weight is 384 g/mol. The normalized spacial score (nSPS) is 10.5. The lowest BCUT2D eigenvalue weighted by Crippen LogP contribution is -2.55. The first-order valence-electron chi connectivity index (χ1n) is 8.98. The molecule has 0 aliphatic heterocycles. The number of nitrogens with one attached hydrogen (secondary N) is 1. The van der Waals surface area contributed by atoms with Crippen molar-refractivity contribution in [2.24, 2.45) is 0 Å². The summed E-state index contributed by atoms with van der Waals surface area (Å²) in [5.41, 5.74) is -0.769. The highest BCUT2D eigenvalue weighted by atomic mass is 16.2. The number of anilines is 1. The van der Waals surface area contributed by atoms with Crippen LogP contribution in [0.15, 0.2) is 64.0 Å². The van der Waals surface area contributed by atoms with Crippen molar-refractivity contribution in [1.82, 2.24) is 13.7 Å². The van der Waals surface area contributed by atoms with Crippen LogP contribution < -0.4 is 22.4 Å². The molecular formula is C20H24N4O4. The van der Waals surface area contributed by atoms with Gasteiger partial charge in [0.25, 0.3) is 0 Å². The molecule has 0 spiro atoms. The molecule has 28 heavy (non-hydrogen) atoms. The monoisotopic (exact) mass is 384 g/mol. The second kappa shape index (κ2) is 9.50. The van der Waals surface area contributed by atoms with E-state index in [4.69, 9.17) is 0 Å². The van der Waals surface area contributed by atoms with Crippen LogP contribution >= 0.6 is 0 Å². The third-order valence-corrected chi connectivity index (χ3v) is 4.09. The number of hydrogen-bond acceptors (Lipinski definition) is 4.